The van der Waals surface area contributed by atoms with Gasteiger partial charge in [0.25, 0.3) is 0 Å². The lowest BCUT2D eigenvalue weighted by molar-refractivity contribution is -0.122. The van der Waals surface area contributed by atoms with Crippen molar-refractivity contribution in [2.75, 3.05) is 33.0 Å². The number of aromatic nitrogens is 3. The summed E-state index contributed by atoms with van der Waals surface area (Å²) in [4.78, 5) is 11.6. The molecule has 0 bridgehead atoms. The number of ketones is 1. The van der Waals surface area contributed by atoms with Gasteiger partial charge in [0.2, 0.25) is 0 Å². The van der Waals surface area contributed by atoms with Gasteiger partial charge in [0.05, 0.1) is 26.0 Å². The largest absolute Gasteiger partial charge is 0.379 e. The smallest absolute Gasteiger partial charge is 0.135 e. The lowest BCUT2D eigenvalue weighted by atomic mass is 10.0. The Balaban J connectivity index is 2.04. The van der Waals surface area contributed by atoms with Crippen LogP contribution in [0.5, 0.6) is 0 Å². The van der Waals surface area contributed by atoms with Crippen LogP contribution in [0.4, 0.5) is 0 Å². The van der Waals surface area contributed by atoms with Crippen molar-refractivity contribution in [3.63, 3.8) is 0 Å². The second-order valence-corrected chi connectivity index (χ2v) is 6.50. The maximum absolute atomic E-state index is 11.6. The topological polar surface area (TPSA) is 75.5 Å². The minimum atomic E-state index is 0.139. The van der Waals surface area contributed by atoms with E-state index in [1.165, 1.54) is 0 Å². The Labute approximate surface area is 162 Å². The van der Waals surface area contributed by atoms with E-state index in [4.69, 9.17) is 14.2 Å². The number of carbonyl (C=O) groups excluding carboxylic acids is 1. The first-order valence-electron chi connectivity index (χ1n) is 9.74. The minimum absolute atomic E-state index is 0.139. The van der Waals surface area contributed by atoms with Crippen molar-refractivity contribution in [1.82, 2.24) is 15.0 Å². The summed E-state index contributed by atoms with van der Waals surface area (Å²) in [6.45, 7) is 9.63. The lowest BCUT2D eigenvalue weighted by Gasteiger charge is -2.03. The average Bonchev–Trinajstić information content (AvgIpc) is 3.10. The van der Waals surface area contributed by atoms with Gasteiger partial charge >= 0.3 is 0 Å². The van der Waals surface area contributed by atoms with E-state index in [1.54, 1.807) is 0 Å². The van der Waals surface area contributed by atoms with Crippen LogP contribution in [0.15, 0.2) is 6.20 Å². The number of ether oxygens (including phenoxy) is 3. The van der Waals surface area contributed by atoms with E-state index in [0.29, 0.717) is 51.8 Å². The fraction of sp³-hybridized carbons (Fsp3) is 0.750. The summed E-state index contributed by atoms with van der Waals surface area (Å²) in [5.41, 5.74) is 0.791. The van der Waals surface area contributed by atoms with E-state index in [0.717, 1.165) is 31.5 Å². The SMILES string of the molecule is CCOCCOCC#CCOCc1cn(CCCCCC(=O)C(C)C)nn1. The normalized spacial score (nSPS) is 10.8. The van der Waals surface area contributed by atoms with E-state index in [-0.39, 0.29) is 5.92 Å². The first-order valence-corrected chi connectivity index (χ1v) is 9.74. The van der Waals surface area contributed by atoms with Gasteiger partial charge in [-0.15, -0.1) is 5.10 Å². The van der Waals surface area contributed by atoms with Gasteiger partial charge in [0.15, 0.2) is 0 Å². The summed E-state index contributed by atoms with van der Waals surface area (Å²) in [5.74, 6) is 6.27. The summed E-state index contributed by atoms with van der Waals surface area (Å²) in [7, 11) is 0. The van der Waals surface area contributed by atoms with Crippen LogP contribution < -0.4 is 0 Å². The van der Waals surface area contributed by atoms with Crippen molar-refractivity contribution in [2.45, 2.75) is 59.6 Å². The van der Waals surface area contributed by atoms with Gasteiger partial charge in [-0.1, -0.05) is 37.3 Å². The molecule has 0 aliphatic carbocycles. The van der Waals surface area contributed by atoms with Crippen LogP contribution in [-0.2, 0) is 32.2 Å². The van der Waals surface area contributed by atoms with Crippen LogP contribution in [-0.4, -0.2) is 53.8 Å². The highest BCUT2D eigenvalue weighted by atomic mass is 16.5. The Morgan fingerprint density at radius 2 is 1.85 bits per heavy atom. The number of hydrogen-bond acceptors (Lipinski definition) is 6. The summed E-state index contributed by atoms with van der Waals surface area (Å²) >= 11 is 0. The van der Waals surface area contributed by atoms with Crippen LogP contribution in [0.3, 0.4) is 0 Å². The highest BCUT2D eigenvalue weighted by Crippen LogP contribution is 2.07. The number of aryl methyl sites for hydroxylation is 1. The number of Topliss-reactive ketones (excluding diaryl/α,β-unsaturated/α-hetero) is 1. The lowest BCUT2D eigenvalue weighted by Crippen LogP contribution is -2.06. The summed E-state index contributed by atoms with van der Waals surface area (Å²) < 4.78 is 17.7. The molecule has 1 aromatic rings. The second kappa shape index (κ2) is 15.3. The molecule has 0 amide bonds. The molecule has 7 heteroatoms. The Morgan fingerprint density at radius 1 is 1.11 bits per heavy atom. The highest BCUT2D eigenvalue weighted by molar-refractivity contribution is 5.80. The zero-order valence-corrected chi connectivity index (χ0v) is 16.9. The molecule has 0 saturated heterocycles. The van der Waals surface area contributed by atoms with Gasteiger partial charge in [-0.2, -0.15) is 0 Å². The van der Waals surface area contributed by atoms with Gasteiger partial charge in [0.1, 0.15) is 24.7 Å². The second-order valence-electron chi connectivity index (χ2n) is 6.50. The zero-order chi connectivity index (χ0) is 19.7. The van der Waals surface area contributed by atoms with Crippen LogP contribution in [0, 0.1) is 17.8 Å². The van der Waals surface area contributed by atoms with Gasteiger partial charge in [-0.25, -0.2) is 0 Å². The van der Waals surface area contributed by atoms with Crippen molar-refractivity contribution in [1.29, 1.82) is 0 Å². The molecule has 7 nitrogen and oxygen atoms in total. The number of hydrogen-bond donors (Lipinski definition) is 0. The third kappa shape index (κ3) is 12.3. The molecule has 1 rings (SSSR count). The number of nitrogens with zero attached hydrogens (tertiary/aromatic N) is 3. The third-order valence-electron chi connectivity index (χ3n) is 3.84. The van der Waals surface area contributed by atoms with Crippen LogP contribution >= 0.6 is 0 Å². The van der Waals surface area contributed by atoms with E-state index >= 15 is 0 Å². The Bertz CT molecular complexity index is 575. The minimum Gasteiger partial charge on any atom is -0.379 e. The van der Waals surface area contributed by atoms with E-state index in [1.807, 2.05) is 31.6 Å². The Kier molecular flexibility index (Phi) is 13.2. The molecule has 0 N–H and O–H groups in total. The molecule has 152 valence electrons. The molecule has 0 atom stereocenters. The van der Waals surface area contributed by atoms with Gasteiger partial charge in [-0.3, -0.25) is 9.48 Å². The molecule has 0 aromatic carbocycles. The molecule has 1 aromatic heterocycles. The quantitative estimate of drug-likeness (QED) is 0.344. The number of rotatable bonds is 15. The monoisotopic (exact) mass is 379 g/mol. The van der Waals surface area contributed by atoms with Crippen LogP contribution in [0.2, 0.25) is 0 Å². The molecule has 0 spiro atoms. The Hall–Kier alpha value is -1.75. The van der Waals surface area contributed by atoms with Gasteiger partial charge in [0, 0.05) is 25.5 Å². The molecule has 0 aliphatic rings. The van der Waals surface area contributed by atoms with E-state index in [9.17, 15) is 4.79 Å². The standard InChI is InChI=1S/C20H33N3O4/c1-4-25-14-15-26-12-8-9-13-27-17-19-16-23(22-21-19)11-7-5-6-10-20(24)18(2)3/h16,18H,4-7,10-15,17H2,1-3H3. The fourth-order valence-electron chi connectivity index (χ4n) is 2.25. The molecular formula is C20H33N3O4. The predicted molar refractivity (Wildman–Crippen MR) is 103 cm³/mol. The number of unbranched alkanes of at least 4 members (excludes halogenated alkanes) is 2. The molecular weight excluding hydrogens is 346 g/mol. The number of carbonyl (C=O) groups is 1. The zero-order valence-electron chi connectivity index (χ0n) is 16.9. The maximum Gasteiger partial charge on any atom is 0.135 e. The molecule has 0 radical (unpaired) electrons. The van der Waals surface area contributed by atoms with Gasteiger partial charge < -0.3 is 14.2 Å². The summed E-state index contributed by atoms with van der Waals surface area (Å²) in [6.07, 6.45) is 5.52. The molecule has 0 aliphatic heterocycles. The molecule has 1 heterocycles. The van der Waals surface area contributed by atoms with Crippen molar-refractivity contribution in [2.24, 2.45) is 5.92 Å². The van der Waals surface area contributed by atoms with Crippen molar-refractivity contribution < 1.29 is 19.0 Å². The first kappa shape index (κ1) is 23.3. The molecule has 0 saturated carbocycles. The van der Waals surface area contributed by atoms with E-state index < -0.39 is 0 Å². The fourth-order valence-corrected chi connectivity index (χ4v) is 2.25. The first-order chi connectivity index (χ1) is 13.1. The molecule has 0 unspecified atom stereocenters. The average molecular weight is 380 g/mol. The summed E-state index contributed by atoms with van der Waals surface area (Å²) in [6, 6.07) is 0. The van der Waals surface area contributed by atoms with E-state index in [2.05, 4.69) is 22.2 Å². The van der Waals surface area contributed by atoms with Crippen molar-refractivity contribution in [3.8, 4) is 11.8 Å². The highest BCUT2D eigenvalue weighted by Gasteiger charge is 2.06. The van der Waals surface area contributed by atoms with Crippen LogP contribution in [0.1, 0.15) is 52.1 Å². The maximum atomic E-state index is 11.6. The van der Waals surface area contributed by atoms with Gasteiger partial charge in [-0.05, 0) is 19.8 Å². The van der Waals surface area contributed by atoms with Crippen molar-refractivity contribution in [3.05, 3.63) is 11.9 Å². The Morgan fingerprint density at radius 3 is 2.59 bits per heavy atom. The third-order valence-corrected chi connectivity index (χ3v) is 3.84. The summed E-state index contributed by atoms with van der Waals surface area (Å²) in [5, 5.41) is 8.18. The molecule has 0 fully saturated rings. The van der Waals surface area contributed by atoms with Crippen molar-refractivity contribution >= 4 is 5.78 Å². The predicted octanol–water partition coefficient (Wildman–Crippen LogP) is 2.64. The van der Waals surface area contributed by atoms with Crippen LogP contribution in [0.25, 0.3) is 0 Å². The molecule has 27 heavy (non-hydrogen) atoms.